The third-order valence-electron chi connectivity index (χ3n) is 5.38. The number of nitrogens with one attached hydrogen (secondary N) is 1. The fourth-order valence-electron chi connectivity index (χ4n) is 3.41. The van der Waals surface area contributed by atoms with Crippen LogP contribution in [-0.4, -0.2) is 39.1 Å². The molecule has 0 aliphatic heterocycles. The third kappa shape index (κ3) is 5.82. The first-order valence-corrected chi connectivity index (χ1v) is 11.4. The first-order chi connectivity index (χ1) is 15.5. The average Bonchev–Trinajstić information content (AvgIpc) is 3.16. The van der Waals surface area contributed by atoms with Crippen molar-refractivity contribution in [1.82, 2.24) is 14.7 Å². The van der Waals surface area contributed by atoms with Crippen LogP contribution in [0.5, 0.6) is 0 Å². The minimum absolute atomic E-state index is 0.0804. The Morgan fingerprint density at radius 1 is 1.09 bits per heavy atom. The molecule has 7 heteroatoms. The lowest BCUT2D eigenvalue weighted by Gasteiger charge is -2.26. The number of hydrogen-bond donors (Lipinski definition) is 1. The van der Waals surface area contributed by atoms with Crippen LogP contribution >= 0.6 is 11.6 Å². The highest BCUT2D eigenvalue weighted by atomic mass is 35.5. The largest absolute Gasteiger partial charge is 0.327 e. The summed E-state index contributed by atoms with van der Waals surface area (Å²) in [5.74, 6) is 0.0580. The Bertz CT molecular complexity index is 1140. The van der Waals surface area contributed by atoms with Crippen LogP contribution in [0.25, 0.3) is 5.69 Å². The topological polar surface area (TPSA) is 67.2 Å². The molecule has 3 rings (SSSR count). The summed E-state index contributed by atoms with van der Waals surface area (Å²) in [6.07, 6.45) is 0. The molecule has 2 amide bonds. The predicted octanol–water partition coefficient (Wildman–Crippen LogP) is 5.62. The van der Waals surface area contributed by atoms with Crippen molar-refractivity contribution in [1.29, 1.82) is 0 Å². The van der Waals surface area contributed by atoms with E-state index in [9.17, 15) is 9.59 Å². The molecule has 0 radical (unpaired) electrons. The van der Waals surface area contributed by atoms with E-state index in [1.165, 1.54) is 4.90 Å². The van der Waals surface area contributed by atoms with Gasteiger partial charge in [0.1, 0.15) is 12.4 Å². The summed E-state index contributed by atoms with van der Waals surface area (Å²) < 4.78 is 1.76. The quantitative estimate of drug-likeness (QED) is 0.512. The Morgan fingerprint density at radius 3 is 2.30 bits per heavy atom. The smallest absolute Gasteiger partial charge is 0.254 e. The van der Waals surface area contributed by atoms with Crippen molar-refractivity contribution in [3.05, 3.63) is 76.4 Å². The number of hydrogen-bond acceptors (Lipinski definition) is 3. The predicted molar refractivity (Wildman–Crippen MR) is 133 cm³/mol. The van der Waals surface area contributed by atoms with Crippen LogP contribution in [0.15, 0.2) is 54.6 Å². The lowest BCUT2D eigenvalue weighted by Crippen LogP contribution is -2.42. The van der Waals surface area contributed by atoms with E-state index in [2.05, 4.69) is 26.1 Å². The van der Waals surface area contributed by atoms with Gasteiger partial charge in [0, 0.05) is 28.1 Å². The summed E-state index contributed by atoms with van der Waals surface area (Å²) in [5.41, 5.74) is 3.08. The Morgan fingerprint density at radius 2 is 1.73 bits per heavy atom. The van der Waals surface area contributed by atoms with Crippen molar-refractivity contribution in [3.63, 3.8) is 0 Å². The van der Waals surface area contributed by atoms with Crippen LogP contribution in [0.2, 0.25) is 5.02 Å². The summed E-state index contributed by atoms with van der Waals surface area (Å²) in [6.45, 7) is 11.9. The van der Waals surface area contributed by atoms with Gasteiger partial charge in [0.05, 0.1) is 11.4 Å². The number of halogens is 1. The van der Waals surface area contributed by atoms with Crippen LogP contribution < -0.4 is 5.32 Å². The number of rotatable bonds is 6. The maximum absolute atomic E-state index is 13.1. The van der Waals surface area contributed by atoms with Gasteiger partial charge in [-0.05, 0) is 56.7 Å². The number of nitrogens with zero attached hydrogens (tertiary/aromatic N) is 3. The molecule has 1 aromatic heterocycles. The van der Waals surface area contributed by atoms with Gasteiger partial charge < -0.3 is 10.2 Å². The second-order valence-electron chi connectivity index (χ2n) is 9.44. The van der Waals surface area contributed by atoms with Gasteiger partial charge >= 0.3 is 0 Å². The van der Waals surface area contributed by atoms with E-state index in [-0.39, 0.29) is 29.8 Å². The van der Waals surface area contributed by atoms with Gasteiger partial charge in [-0.2, -0.15) is 5.10 Å². The molecule has 33 heavy (non-hydrogen) atoms. The van der Waals surface area contributed by atoms with Gasteiger partial charge in [-0.25, -0.2) is 4.68 Å². The Hall–Kier alpha value is -3.12. The summed E-state index contributed by atoms with van der Waals surface area (Å²) in [4.78, 5) is 27.7. The molecule has 0 saturated heterocycles. The highest BCUT2D eigenvalue weighted by Gasteiger charge is 2.25. The molecule has 2 aromatic carbocycles. The van der Waals surface area contributed by atoms with Crippen molar-refractivity contribution in [2.45, 2.75) is 53.0 Å². The maximum atomic E-state index is 13.1. The summed E-state index contributed by atoms with van der Waals surface area (Å²) in [5, 5.41) is 8.31. The normalized spacial score (nSPS) is 11.5. The van der Waals surface area contributed by atoms with Crippen molar-refractivity contribution in [2.24, 2.45) is 0 Å². The van der Waals surface area contributed by atoms with Crippen molar-refractivity contribution in [2.75, 3.05) is 11.9 Å². The zero-order valence-electron chi connectivity index (χ0n) is 20.0. The number of carbonyl (C=O) groups is 2. The van der Waals surface area contributed by atoms with Gasteiger partial charge in [-0.1, -0.05) is 50.6 Å². The standard InChI is InChI=1S/C26H31ClN4O2/c1-17(2)30(25(33)19-11-13-20(27)14-12-19)16-24(32)28-23-15-22(26(4,5)6)29-31(23)21-10-8-7-9-18(21)3/h7-15,17H,16H2,1-6H3,(H,28,32). The van der Waals surface area contributed by atoms with Crippen LogP contribution in [-0.2, 0) is 10.2 Å². The fourth-order valence-corrected chi connectivity index (χ4v) is 3.53. The lowest BCUT2D eigenvalue weighted by molar-refractivity contribution is -0.117. The van der Waals surface area contributed by atoms with Gasteiger partial charge in [0.25, 0.3) is 5.91 Å². The third-order valence-corrected chi connectivity index (χ3v) is 5.63. The van der Waals surface area contributed by atoms with Crippen LogP contribution in [0.3, 0.4) is 0 Å². The molecule has 1 heterocycles. The molecule has 174 valence electrons. The van der Waals surface area contributed by atoms with E-state index in [4.69, 9.17) is 16.7 Å². The molecule has 0 atom stereocenters. The number of anilines is 1. The van der Waals surface area contributed by atoms with E-state index >= 15 is 0 Å². The molecular formula is C26H31ClN4O2. The maximum Gasteiger partial charge on any atom is 0.254 e. The molecular weight excluding hydrogens is 436 g/mol. The fraction of sp³-hybridized carbons (Fsp3) is 0.346. The Kier molecular flexibility index (Phi) is 7.28. The first kappa shape index (κ1) is 24.5. The molecule has 3 aromatic rings. The number of carbonyl (C=O) groups excluding carboxylic acids is 2. The second-order valence-corrected chi connectivity index (χ2v) is 9.88. The van der Waals surface area contributed by atoms with E-state index in [0.717, 1.165) is 16.9 Å². The number of benzene rings is 2. The zero-order valence-corrected chi connectivity index (χ0v) is 20.8. The zero-order chi connectivity index (χ0) is 24.3. The van der Waals surface area contributed by atoms with Gasteiger partial charge in [-0.3, -0.25) is 9.59 Å². The molecule has 6 nitrogen and oxygen atoms in total. The number of aryl methyl sites for hydroxylation is 1. The summed E-state index contributed by atoms with van der Waals surface area (Å²) in [7, 11) is 0. The van der Waals surface area contributed by atoms with Gasteiger partial charge in [0.15, 0.2) is 0 Å². The van der Waals surface area contributed by atoms with Crippen molar-refractivity contribution >= 4 is 29.2 Å². The van der Waals surface area contributed by atoms with Crippen LogP contribution in [0, 0.1) is 6.92 Å². The molecule has 0 bridgehead atoms. The van der Waals surface area contributed by atoms with Gasteiger partial charge in [0.2, 0.25) is 5.91 Å². The first-order valence-electron chi connectivity index (χ1n) is 11.0. The van der Waals surface area contributed by atoms with Crippen molar-refractivity contribution < 1.29 is 9.59 Å². The molecule has 0 aliphatic carbocycles. The lowest BCUT2D eigenvalue weighted by atomic mass is 9.92. The SMILES string of the molecule is Cc1ccccc1-n1nc(C(C)(C)C)cc1NC(=O)CN(C(=O)c1ccc(Cl)cc1)C(C)C. The molecule has 0 saturated carbocycles. The highest BCUT2D eigenvalue weighted by Crippen LogP contribution is 2.27. The second kappa shape index (κ2) is 9.79. The summed E-state index contributed by atoms with van der Waals surface area (Å²) in [6, 6.07) is 16.3. The van der Waals surface area contributed by atoms with Crippen LogP contribution in [0.4, 0.5) is 5.82 Å². The monoisotopic (exact) mass is 466 g/mol. The number of aromatic nitrogens is 2. The highest BCUT2D eigenvalue weighted by molar-refractivity contribution is 6.30. The molecule has 0 spiro atoms. The number of amides is 2. The van der Waals surface area contributed by atoms with Crippen molar-refractivity contribution in [3.8, 4) is 5.69 Å². The van der Waals surface area contributed by atoms with E-state index < -0.39 is 0 Å². The Labute approximate surface area is 200 Å². The van der Waals surface area contributed by atoms with E-state index in [1.807, 2.05) is 51.1 Å². The summed E-state index contributed by atoms with van der Waals surface area (Å²) >= 11 is 5.95. The molecule has 0 fully saturated rings. The average molecular weight is 467 g/mol. The minimum Gasteiger partial charge on any atom is -0.327 e. The molecule has 0 unspecified atom stereocenters. The van der Waals surface area contributed by atoms with Gasteiger partial charge in [-0.15, -0.1) is 0 Å². The molecule has 0 aliphatic rings. The minimum atomic E-state index is -0.291. The van der Waals surface area contributed by atoms with Crippen LogP contribution in [0.1, 0.15) is 56.2 Å². The molecule has 1 N–H and O–H groups in total. The van der Waals surface area contributed by atoms with E-state index in [1.54, 1.807) is 28.9 Å². The van der Waals surface area contributed by atoms with E-state index in [0.29, 0.717) is 16.4 Å². The number of para-hydroxylation sites is 1. The Balaban J connectivity index is 1.88.